The molecule has 2 unspecified atom stereocenters. The molecule has 0 saturated carbocycles. The molecule has 1 aromatic carbocycles. The highest BCUT2D eigenvalue weighted by Gasteiger charge is 2.17. The van der Waals surface area contributed by atoms with Gasteiger partial charge < -0.3 is 16.2 Å². The number of rotatable bonds is 8. The minimum Gasteiger partial charge on any atom is -0.382 e. The number of nitrogens with zero attached hydrogens (tertiary/aromatic N) is 1. The number of aliphatic hydroxyl groups excluding tert-OH is 1. The maximum Gasteiger partial charge on any atom is 0.269 e. The van der Waals surface area contributed by atoms with E-state index >= 15 is 0 Å². The molecule has 0 aromatic heterocycles. The Kier molecular flexibility index (Phi) is 6.08. The molecule has 0 aliphatic heterocycles. The molecule has 7 nitrogen and oxygen atoms in total. The second-order valence-electron chi connectivity index (χ2n) is 4.52. The van der Waals surface area contributed by atoms with Crippen LogP contribution in [-0.4, -0.2) is 28.6 Å². The SMILES string of the molecule is CCCC(NCC(O)C(N)=O)c1cccc([N+](=O)[O-])c1. The number of carbonyl (C=O) groups is 1. The highest BCUT2D eigenvalue weighted by molar-refractivity contribution is 5.78. The molecule has 20 heavy (non-hydrogen) atoms. The minimum absolute atomic E-state index is 0.0147. The average Bonchev–Trinajstić information content (AvgIpc) is 2.43. The van der Waals surface area contributed by atoms with Crippen molar-refractivity contribution in [2.45, 2.75) is 31.9 Å². The summed E-state index contributed by atoms with van der Waals surface area (Å²) in [6.45, 7) is 2.00. The highest BCUT2D eigenvalue weighted by Crippen LogP contribution is 2.22. The molecule has 1 aromatic rings. The van der Waals surface area contributed by atoms with Crippen molar-refractivity contribution in [1.82, 2.24) is 5.32 Å². The first kappa shape index (κ1) is 16.1. The number of nitrogens with one attached hydrogen (secondary N) is 1. The van der Waals surface area contributed by atoms with Crippen LogP contribution in [0.15, 0.2) is 24.3 Å². The van der Waals surface area contributed by atoms with Gasteiger partial charge in [-0.2, -0.15) is 0 Å². The Morgan fingerprint density at radius 3 is 2.80 bits per heavy atom. The summed E-state index contributed by atoms with van der Waals surface area (Å²) in [5, 5.41) is 23.2. The summed E-state index contributed by atoms with van der Waals surface area (Å²) in [7, 11) is 0. The molecule has 1 amide bonds. The number of amides is 1. The van der Waals surface area contributed by atoms with Crippen LogP contribution in [0.3, 0.4) is 0 Å². The van der Waals surface area contributed by atoms with E-state index in [2.05, 4.69) is 5.32 Å². The minimum atomic E-state index is -1.27. The van der Waals surface area contributed by atoms with E-state index in [1.165, 1.54) is 12.1 Å². The van der Waals surface area contributed by atoms with Gasteiger partial charge in [0.25, 0.3) is 5.69 Å². The predicted molar refractivity (Wildman–Crippen MR) is 73.9 cm³/mol. The Balaban J connectivity index is 2.82. The zero-order chi connectivity index (χ0) is 15.1. The summed E-state index contributed by atoms with van der Waals surface area (Å²) in [4.78, 5) is 21.1. The van der Waals surface area contributed by atoms with Gasteiger partial charge in [-0.25, -0.2) is 0 Å². The Bertz CT molecular complexity index is 478. The molecule has 0 fully saturated rings. The van der Waals surface area contributed by atoms with E-state index in [1.54, 1.807) is 12.1 Å². The number of aliphatic hydroxyl groups is 1. The molecule has 0 heterocycles. The van der Waals surface area contributed by atoms with Crippen molar-refractivity contribution in [1.29, 1.82) is 0 Å². The second-order valence-corrected chi connectivity index (χ2v) is 4.52. The van der Waals surface area contributed by atoms with Crippen LogP contribution >= 0.6 is 0 Å². The fourth-order valence-electron chi connectivity index (χ4n) is 1.88. The van der Waals surface area contributed by atoms with Crippen LogP contribution in [0.4, 0.5) is 5.69 Å². The third-order valence-electron chi connectivity index (χ3n) is 2.95. The van der Waals surface area contributed by atoms with Crippen molar-refractivity contribution in [3.05, 3.63) is 39.9 Å². The molecule has 0 spiro atoms. The van der Waals surface area contributed by atoms with Crippen LogP contribution < -0.4 is 11.1 Å². The maximum absolute atomic E-state index is 10.8. The Labute approximate surface area is 116 Å². The summed E-state index contributed by atoms with van der Waals surface area (Å²) in [6.07, 6.45) is 0.313. The summed E-state index contributed by atoms with van der Waals surface area (Å²) >= 11 is 0. The highest BCUT2D eigenvalue weighted by atomic mass is 16.6. The van der Waals surface area contributed by atoms with Crippen LogP contribution in [0.25, 0.3) is 0 Å². The van der Waals surface area contributed by atoms with Gasteiger partial charge in [0.15, 0.2) is 0 Å². The number of nitro benzene ring substituents is 1. The second kappa shape index (κ2) is 7.56. The van der Waals surface area contributed by atoms with E-state index in [9.17, 15) is 20.0 Å². The van der Waals surface area contributed by atoms with Crippen LogP contribution in [-0.2, 0) is 4.79 Å². The van der Waals surface area contributed by atoms with E-state index in [0.717, 1.165) is 18.4 Å². The van der Waals surface area contributed by atoms with Crippen molar-refractivity contribution in [2.75, 3.05) is 6.54 Å². The molecule has 2 atom stereocenters. The van der Waals surface area contributed by atoms with Gasteiger partial charge in [0.05, 0.1) is 4.92 Å². The van der Waals surface area contributed by atoms with Crippen LogP contribution in [0.1, 0.15) is 31.4 Å². The van der Waals surface area contributed by atoms with Gasteiger partial charge in [-0.1, -0.05) is 25.5 Å². The zero-order valence-electron chi connectivity index (χ0n) is 11.3. The van der Waals surface area contributed by atoms with Crippen molar-refractivity contribution in [3.63, 3.8) is 0 Å². The van der Waals surface area contributed by atoms with Gasteiger partial charge in [-0.15, -0.1) is 0 Å². The number of benzene rings is 1. The molecule has 1 rings (SSSR count). The molecular formula is C13H19N3O4. The summed E-state index contributed by atoms with van der Waals surface area (Å²) in [6, 6.07) is 6.13. The predicted octanol–water partition coefficient (Wildman–Crippen LogP) is 0.872. The standard InChI is InChI=1S/C13H19N3O4/c1-2-4-11(15-8-12(17)13(14)18)9-5-3-6-10(7-9)16(19)20/h3,5-7,11-12,15,17H,2,4,8H2,1H3,(H2,14,18). The fourth-order valence-corrected chi connectivity index (χ4v) is 1.88. The topological polar surface area (TPSA) is 118 Å². The first-order chi connectivity index (χ1) is 9.45. The van der Waals surface area contributed by atoms with E-state index < -0.39 is 16.9 Å². The first-order valence-electron chi connectivity index (χ1n) is 6.40. The number of non-ortho nitro benzene ring substituents is 1. The monoisotopic (exact) mass is 281 g/mol. The van der Waals surface area contributed by atoms with Crippen molar-refractivity contribution < 1.29 is 14.8 Å². The average molecular weight is 281 g/mol. The molecule has 7 heteroatoms. The summed E-state index contributed by atoms with van der Waals surface area (Å²) in [5.41, 5.74) is 5.74. The van der Waals surface area contributed by atoms with Crippen molar-refractivity contribution >= 4 is 11.6 Å². The summed E-state index contributed by atoms with van der Waals surface area (Å²) < 4.78 is 0. The smallest absolute Gasteiger partial charge is 0.269 e. The molecule has 110 valence electrons. The van der Waals surface area contributed by atoms with Gasteiger partial charge in [0, 0.05) is 24.7 Å². The lowest BCUT2D eigenvalue weighted by Gasteiger charge is -2.19. The third kappa shape index (κ3) is 4.60. The van der Waals surface area contributed by atoms with Gasteiger partial charge in [0.1, 0.15) is 6.10 Å². The van der Waals surface area contributed by atoms with Crippen LogP contribution in [0.2, 0.25) is 0 Å². The lowest BCUT2D eigenvalue weighted by Crippen LogP contribution is -2.39. The third-order valence-corrected chi connectivity index (χ3v) is 2.95. The maximum atomic E-state index is 10.8. The number of hydrogen-bond acceptors (Lipinski definition) is 5. The van der Waals surface area contributed by atoms with E-state index in [1.807, 2.05) is 6.92 Å². The number of nitro groups is 1. The van der Waals surface area contributed by atoms with Gasteiger partial charge in [0.2, 0.25) is 5.91 Å². The van der Waals surface area contributed by atoms with E-state index in [4.69, 9.17) is 5.73 Å². The number of primary amides is 1. The van der Waals surface area contributed by atoms with E-state index in [0.29, 0.717) is 0 Å². The quantitative estimate of drug-likeness (QED) is 0.482. The van der Waals surface area contributed by atoms with Crippen molar-refractivity contribution in [3.8, 4) is 0 Å². The largest absolute Gasteiger partial charge is 0.382 e. The molecule has 0 bridgehead atoms. The lowest BCUT2D eigenvalue weighted by molar-refractivity contribution is -0.384. The number of carbonyl (C=O) groups excluding carboxylic acids is 1. The first-order valence-corrected chi connectivity index (χ1v) is 6.40. The summed E-state index contributed by atoms with van der Waals surface area (Å²) in [5.74, 6) is -0.799. The number of hydrogen-bond donors (Lipinski definition) is 3. The van der Waals surface area contributed by atoms with Gasteiger partial charge >= 0.3 is 0 Å². The van der Waals surface area contributed by atoms with Crippen molar-refractivity contribution in [2.24, 2.45) is 5.73 Å². The van der Waals surface area contributed by atoms with Gasteiger partial charge in [-0.3, -0.25) is 14.9 Å². The molecule has 0 aliphatic carbocycles. The lowest BCUT2D eigenvalue weighted by atomic mass is 10.0. The Morgan fingerprint density at radius 2 is 2.25 bits per heavy atom. The molecule has 0 aliphatic rings. The van der Waals surface area contributed by atoms with Crippen LogP contribution in [0, 0.1) is 10.1 Å². The zero-order valence-corrected chi connectivity index (χ0v) is 11.3. The Morgan fingerprint density at radius 1 is 1.55 bits per heavy atom. The van der Waals surface area contributed by atoms with E-state index in [-0.39, 0.29) is 18.3 Å². The van der Waals surface area contributed by atoms with Gasteiger partial charge in [-0.05, 0) is 12.0 Å². The molecule has 0 radical (unpaired) electrons. The Hall–Kier alpha value is -1.99. The molecule has 0 saturated heterocycles. The molecular weight excluding hydrogens is 262 g/mol. The van der Waals surface area contributed by atoms with Crippen LogP contribution in [0.5, 0.6) is 0 Å². The normalized spacial score (nSPS) is 13.7. The number of nitrogens with two attached hydrogens (primary N) is 1. The fraction of sp³-hybridized carbons (Fsp3) is 0.462. The molecule has 4 N–H and O–H groups in total.